The van der Waals surface area contributed by atoms with Crippen LogP contribution in [0.1, 0.15) is 12.5 Å². The number of rotatable bonds is 4. The van der Waals surface area contributed by atoms with E-state index in [-0.39, 0.29) is 0 Å². The van der Waals surface area contributed by atoms with Crippen LogP contribution >= 0.6 is 0 Å². The molecule has 0 N–H and O–H groups in total. The minimum atomic E-state index is 0.826. The third-order valence-corrected chi connectivity index (χ3v) is 1.59. The van der Waals surface area contributed by atoms with Gasteiger partial charge in [0.1, 0.15) is 0 Å². The molecule has 0 amide bonds. The van der Waals surface area contributed by atoms with Crippen molar-refractivity contribution in [3.8, 4) is 0 Å². The Morgan fingerprint density at radius 2 is 2.00 bits per heavy atom. The normalized spacial score (nSPS) is 10.8. The van der Waals surface area contributed by atoms with E-state index >= 15 is 0 Å². The lowest BCUT2D eigenvalue weighted by atomic mass is 10.2. The van der Waals surface area contributed by atoms with Crippen LogP contribution in [-0.2, 0) is 6.42 Å². The fourth-order valence-corrected chi connectivity index (χ4v) is 0.964. The monoisotopic (exact) mass is 160 g/mol. The van der Waals surface area contributed by atoms with Gasteiger partial charge in [-0.05, 0) is 12.0 Å². The Bertz CT molecular complexity index is 226. The van der Waals surface area contributed by atoms with E-state index in [2.05, 4.69) is 29.3 Å². The van der Waals surface area contributed by atoms with Gasteiger partial charge in [-0.25, -0.2) is 0 Å². The van der Waals surface area contributed by atoms with Crippen molar-refractivity contribution in [1.82, 2.24) is 0 Å². The molecule has 1 rings (SSSR count). The van der Waals surface area contributed by atoms with Gasteiger partial charge in [0.25, 0.3) is 0 Å². The largest absolute Gasteiger partial charge is 0.297 e. The maximum Gasteiger partial charge on any atom is 0.0414 e. The molecule has 0 heterocycles. The highest BCUT2D eigenvalue weighted by molar-refractivity contribution is 5.61. The predicted molar refractivity (Wildman–Crippen MR) is 53.5 cm³/mol. The molecule has 0 bridgehead atoms. The molecule has 0 aliphatic rings. The molecule has 0 unspecified atom stereocenters. The summed E-state index contributed by atoms with van der Waals surface area (Å²) in [6.45, 7) is 2.84. The Labute approximate surface area is 74.2 Å². The Balaban J connectivity index is 2.33. The average molecular weight is 160 g/mol. The van der Waals surface area contributed by atoms with Crippen molar-refractivity contribution in [2.45, 2.75) is 13.3 Å². The molecule has 0 fully saturated rings. The lowest BCUT2D eigenvalue weighted by Crippen LogP contribution is -1.86. The minimum absolute atomic E-state index is 0.826. The topological polar surface area (TPSA) is 12.4 Å². The molecule has 1 radical (unpaired) electrons. The van der Waals surface area contributed by atoms with Crippen LogP contribution in [0, 0.1) is 6.42 Å². The van der Waals surface area contributed by atoms with Crippen LogP contribution in [0.4, 0.5) is 0 Å². The van der Waals surface area contributed by atoms with Crippen molar-refractivity contribution < 1.29 is 0 Å². The molecular formula is C11H14N. The summed E-state index contributed by atoms with van der Waals surface area (Å²) in [5, 5.41) is 0. The molecule has 0 atom stereocenters. The zero-order chi connectivity index (χ0) is 8.65. The Morgan fingerprint density at radius 1 is 1.25 bits per heavy atom. The molecule has 0 aliphatic heterocycles. The second kappa shape index (κ2) is 5.53. The van der Waals surface area contributed by atoms with E-state index in [4.69, 9.17) is 0 Å². The van der Waals surface area contributed by atoms with E-state index in [1.54, 1.807) is 0 Å². The van der Waals surface area contributed by atoms with Gasteiger partial charge in [-0.2, -0.15) is 0 Å². The molecule has 63 valence electrons. The van der Waals surface area contributed by atoms with Crippen LogP contribution in [0.2, 0.25) is 0 Å². The molecule has 1 heteroatoms. The third-order valence-electron chi connectivity index (χ3n) is 1.59. The highest BCUT2D eigenvalue weighted by Crippen LogP contribution is 1.97. The summed E-state index contributed by atoms with van der Waals surface area (Å²) in [6.07, 6.45) is 4.95. The van der Waals surface area contributed by atoms with Crippen molar-refractivity contribution in [2.75, 3.05) is 6.54 Å². The molecule has 1 nitrogen and oxygen atoms in total. The zero-order valence-corrected chi connectivity index (χ0v) is 7.40. The molecule has 12 heavy (non-hydrogen) atoms. The van der Waals surface area contributed by atoms with Crippen LogP contribution in [0.25, 0.3) is 0 Å². The first-order valence-electron chi connectivity index (χ1n) is 4.23. The summed E-state index contributed by atoms with van der Waals surface area (Å²) in [5.74, 6) is 0. The van der Waals surface area contributed by atoms with Gasteiger partial charge in [0.2, 0.25) is 0 Å². The highest BCUT2D eigenvalue weighted by atomic mass is 14.7. The maximum absolute atomic E-state index is 4.20. The SMILES string of the molecule is C[CH]CN=CCc1ccccc1. The van der Waals surface area contributed by atoms with E-state index in [9.17, 15) is 0 Å². The first kappa shape index (κ1) is 8.98. The van der Waals surface area contributed by atoms with Gasteiger partial charge >= 0.3 is 0 Å². The minimum Gasteiger partial charge on any atom is -0.297 e. The number of aliphatic imine (C=N–C) groups is 1. The van der Waals surface area contributed by atoms with Crippen LogP contribution < -0.4 is 0 Å². The Hall–Kier alpha value is -1.11. The van der Waals surface area contributed by atoms with Crippen molar-refractivity contribution in [3.05, 3.63) is 42.3 Å². The average Bonchev–Trinajstić information content (AvgIpc) is 2.14. The van der Waals surface area contributed by atoms with Gasteiger partial charge in [-0.1, -0.05) is 37.3 Å². The van der Waals surface area contributed by atoms with Crippen molar-refractivity contribution >= 4 is 6.21 Å². The summed E-state index contributed by atoms with van der Waals surface area (Å²) in [7, 11) is 0. The summed E-state index contributed by atoms with van der Waals surface area (Å²) in [4.78, 5) is 4.20. The van der Waals surface area contributed by atoms with Crippen LogP contribution in [0.5, 0.6) is 0 Å². The summed E-state index contributed by atoms with van der Waals surface area (Å²) < 4.78 is 0. The van der Waals surface area contributed by atoms with Gasteiger partial charge in [0, 0.05) is 19.2 Å². The first-order chi connectivity index (χ1) is 5.93. The number of nitrogens with zero attached hydrogens (tertiary/aromatic N) is 1. The summed E-state index contributed by atoms with van der Waals surface area (Å²) >= 11 is 0. The van der Waals surface area contributed by atoms with E-state index in [1.807, 2.05) is 25.6 Å². The number of benzene rings is 1. The van der Waals surface area contributed by atoms with Crippen LogP contribution in [0.3, 0.4) is 0 Å². The fraction of sp³-hybridized carbons (Fsp3) is 0.273. The molecule has 0 saturated carbocycles. The van der Waals surface area contributed by atoms with E-state index < -0.39 is 0 Å². The van der Waals surface area contributed by atoms with Gasteiger partial charge in [-0.15, -0.1) is 0 Å². The molecule has 1 aromatic rings. The van der Waals surface area contributed by atoms with Gasteiger partial charge in [-0.3, -0.25) is 4.99 Å². The highest BCUT2D eigenvalue weighted by Gasteiger charge is 1.85. The van der Waals surface area contributed by atoms with Crippen molar-refractivity contribution in [3.63, 3.8) is 0 Å². The molecular weight excluding hydrogens is 146 g/mol. The molecule has 0 aromatic heterocycles. The summed E-state index contributed by atoms with van der Waals surface area (Å²) in [5.41, 5.74) is 1.32. The predicted octanol–water partition coefficient (Wildman–Crippen LogP) is 2.52. The summed E-state index contributed by atoms with van der Waals surface area (Å²) in [6, 6.07) is 10.4. The lowest BCUT2D eigenvalue weighted by molar-refractivity contribution is 1.13. The lowest BCUT2D eigenvalue weighted by Gasteiger charge is -1.93. The van der Waals surface area contributed by atoms with Gasteiger partial charge < -0.3 is 0 Å². The smallest absolute Gasteiger partial charge is 0.0414 e. The Kier molecular flexibility index (Phi) is 4.14. The van der Waals surface area contributed by atoms with Crippen molar-refractivity contribution in [1.29, 1.82) is 0 Å². The number of hydrogen-bond donors (Lipinski definition) is 0. The Morgan fingerprint density at radius 3 is 2.67 bits per heavy atom. The zero-order valence-electron chi connectivity index (χ0n) is 7.40. The van der Waals surface area contributed by atoms with E-state index in [1.165, 1.54) is 5.56 Å². The van der Waals surface area contributed by atoms with E-state index in [0.717, 1.165) is 13.0 Å². The number of hydrogen-bond acceptors (Lipinski definition) is 1. The maximum atomic E-state index is 4.20. The second-order valence-electron chi connectivity index (χ2n) is 2.65. The van der Waals surface area contributed by atoms with Crippen LogP contribution in [0.15, 0.2) is 35.3 Å². The van der Waals surface area contributed by atoms with Crippen LogP contribution in [-0.4, -0.2) is 12.8 Å². The second-order valence-corrected chi connectivity index (χ2v) is 2.65. The third kappa shape index (κ3) is 3.33. The quantitative estimate of drug-likeness (QED) is 0.600. The first-order valence-corrected chi connectivity index (χ1v) is 4.23. The molecule has 0 saturated heterocycles. The van der Waals surface area contributed by atoms with Gasteiger partial charge in [0.15, 0.2) is 0 Å². The fourth-order valence-electron chi connectivity index (χ4n) is 0.964. The van der Waals surface area contributed by atoms with Gasteiger partial charge in [0.05, 0.1) is 0 Å². The van der Waals surface area contributed by atoms with Crippen molar-refractivity contribution in [2.24, 2.45) is 4.99 Å². The molecule has 0 aliphatic carbocycles. The van der Waals surface area contributed by atoms with E-state index in [0.29, 0.717) is 0 Å². The molecule has 1 aromatic carbocycles. The standard InChI is InChI=1S/C11H14N/c1-2-9-12-10-8-11-6-4-3-5-7-11/h2-7,10H,8-9H2,1H3. The molecule has 0 spiro atoms.